The number of carboxylic acid groups (broad SMARTS) is 1. The van der Waals surface area contributed by atoms with E-state index in [0.717, 1.165) is 0 Å². The third kappa shape index (κ3) is 5.24. The van der Waals surface area contributed by atoms with Crippen LogP contribution in [-0.2, 0) is 13.9 Å². The van der Waals surface area contributed by atoms with Gasteiger partial charge in [-0.25, -0.2) is 13.5 Å². The van der Waals surface area contributed by atoms with E-state index >= 15 is 0 Å². The predicted octanol–water partition coefficient (Wildman–Crippen LogP) is 4.67. The molecule has 0 heterocycles. The zero-order valence-corrected chi connectivity index (χ0v) is 18.2. The number of halogens is 17. The minimum absolute atomic E-state index is 0.918. The summed E-state index contributed by atoms with van der Waals surface area (Å²) in [5.74, 6) is -62.2. The van der Waals surface area contributed by atoms with Crippen molar-refractivity contribution < 1.29 is 103 Å². The summed E-state index contributed by atoms with van der Waals surface area (Å²) >= 11 is 0. The predicted molar refractivity (Wildman–Crippen MR) is 82.4 cm³/mol. The van der Waals surface area contributed by atoms with Crippen molar-refractivity contribution >= 4 is 13.8 Å². The van der Waals surface area contributed by atoms with Gasteiger partial charge in [0.15, 0.2) is 5.67 Å². The number of aliphatic carboxylic acids is 1. The van der Waals surface area contributed by atoms with E-state index in [1.807, 2.05) is 0 Å². The second kappa shape index (κ2) is 9.47. The fraction of sp³-hybridized carbons (Fsp3) is 0.923. The molecular weight excluding hydrogens is 620 g/mol. The van der Waals surface area contributed by atoms with Crippen molar-refractivity contribution in [3.63, 3.8) is 0 Å². The molecule has 0 aliphatic heterocycles. The Bertz CT molecular complexity index is 949. The number of hydrogen-bond donors (Lipinski definition) is 4. The highest BCUT2D eigenvalue weighted by molar-refractivity contribution is 7.46. The molecule has 0 saturated carbocycles. The lowest BCUT2D eigenvalue weighted by Gasteiger charge is -2.45. The quantitative estimate of drug-likeness (QED) is 0.172. The fourth-order valence-corrected chi connectivity index (χ4v) is 2.74. The van der Waals surface area contributed by atoms with E-state index in [-0.39, 0.29) is 0 Å². The van der Waals surface area contributed by atoms with Crippen LogP contribution >= 0.6 is 7.82 Å². The van der Waals surface area contributed by atoms with Crippen LogP contribution in [-0.4, -0.2) is 80.1 Å². The number of alkyl halides is 17. The fourth-order valence-electron chi connectivity index (χ4n) is 2.33. The third-order valence-corrected chi connectivity index (χ3v) is 5.01. The Morgan fingerprint density at radius 2 is 0.947 bits per heavy atom. The van der Waals surface area contributed by atoms with Crippen molar-refractivity contribution in [3.05, 3.63) is 0 Å². The van der Waals surface area contributed by atoms with E-state index in [9.17, 15) is 84.0 Å². The van der Waals surface area contributed by atoms with Crippen LogP contribution in [0.5, 0.6) is 0 Å². The summed E-state index contributed by atoms with van der Waals surface area (Å²) in [6, 6.07) is -3.01. The van der Waals surface area contributed by atoms with Crippen molar-refractivity contribution in [1.29, 1.82) is 0 Å². The van der Waals surface area contributed by atoms with Crippen LogP contribution in [0, 0.1) is 0 Å². The Balaban J connectivity index is 6.98. The van der Waals surface area contributed by atoms with Crippen molar-refractivity contribution in [2.45, 2.75) is 72.6 Å². The van der Waals surface area contributed by atoms with Gasteiger partial charge in [0.1, 0.15) is 6.04 Å². The molecule has 0 rings (SSSR count). The van der Waals surface area contributed by atoms with Gasteiger partial charge in [-0.1, -0.05) is 0 Å². The number of rotatable bonds is 13. The molecule has 2 atom stereocenters. The van der Waals surface area contributed by atoms with Crippen LogP contribution in [0.1, 0.15) is 13.3 Å². The lowest BCUT2D eigenvalue weighted by Crippen LogP contribution is -2.76. The van der Waals surface area contributed by atoms with Gasteiger partial charge in [-0.2, -0.15) is 70.2 Å². The molecule has 0 aromatic carbocycles. The standard InChI is InChI=1S/C13H11F17NO6P/c1-5(14,2-3(31)4(32)33)6(15,16)7(17,18)8(19,20)9(21,22)10(23,24)11(25,26)12(27,28)13(29,30)37-38(34,35)36/h3H,2,31H2,1H3,(H,32,33)(H2,34,35,36). The number of hydrogen-bond acceptors (Lipinski definition) is 4. The Morgan fingerprint density at radius 1 is 0.684 bits per heavy atom. The molecule has 0 saturated heterocycles. The maximum absolute atomic E-state index is 14.1. The number of nitrogens with two attached hydrogens (primary N) is 1. The summed E-state index contributed by atoms with van der Waals surface area (Å²) in [6.45, 7) is -0.918. The summed E-state index contributed by atoms with van der Waals surface area (Å²) in [5, 5.41) is 8.35. The highest BCUT2D eigenvalue weighted by atomic mass is 31.2. The Kier molecular flexibility index (Phi) is 9.06. The molecule has 0 fully saturated rings. The summed E-state index contributed by atoms with van der Waals surface area (Å²) < 4.78 is 244. The second-order valence-electron chi connectivity index (χ2n) is 7.47. The second-order valence-corrected chi connectivity index (χ2v) is 8.63. The van der Waals surface area contributed by atoms with Gasteiger partial charge in [-0.15, -0.1) is 0 Å². The van der Waals surface area contributed by atoms with Gasteiger partial charge in [0.2, 0.25) is 0 Å². The van der Waals surface area contributed by atoms with Gasteiger partial charge in [0, 0.05) is 6.42 Å². The van der Waals surface area contributed by atoms with Crippen LogP contribution in [0.25, 0.3) is 0 Å². The van der Waals surface area contributed by atoms with Crippen LogP contribution in [0.4, 0.5) is 74.6 Å². The first-order chi connectivity index (χ1) is 16.0. The monoisotopic (exact) mass is 631 g/mol. The number of carbonyl (C=O) groups is 1. The van der Waals surface area contributed by atoms with Gasteiger partial charge in [-0.3, -0.25) is 4.79 Å². The molecule has 228 valence electrons. The highest BCUT2D eigenvalue weighted by Crippen LogP contribution is 2.66. The molecule has 0 aromatic rings. The molecule has 0 spiro atoms. The topological polar surface area (TPSA) is 130 Å². The SMILES string of the molecule is CC(F)(CC(N)C(=O)O)C(F)(F)C(F)(F)C(F)(F)C(F)(F)C(F)(F)C(F)(F)C(F)(F)C(F)(F)OP(=O)(O)O. The van der Waals surface area contributed by atoms with Crippen molar-refractivity contribution in [2.24, 2.45) is 5.73 Å². The molecule has 0 aromatic heterocycles. The average Bonchev–Trinajstić information content (AvgIpc) is 2.64. The van der Waals surface area contributed by atoms with E-state index in [1.165, 1.54) is 0 Å². The minimum atomic E-state index is -8.96. The van der Waals surface area contributed by atoms with Gasteiger partial charge in [-0.05, 0) is 6.92 Å². The first-order valence-electron chi connectivity index (χ1n) is 8.49. The minimum Gasteiger partial charge on any atom is -0.480 e. The normalized spacial score (nSPS) is 18.2. The Morgan fingerprint density at radius 3 is 1.21 bits per heavy atom. The number of carboxylic acids is 1. The molecule has 38 heavy (non-hydrogen) atoms. The molecule has 0 radical (unpaired) electrons. The summed E-state index contributed by atoms with van der Waals surface area (Å²) in [7, 11) is -7.12. The Labute approximate surface area is 196 Å². The highest BCUT2D eigenvalue weighted by Gasteiger charge is 2.96. The molecule has 7 nitrogen and oxygen atoms in total. The van der Waals surface area contributed by atoms with Gasteiger partial charge in [0.25, 0.3) is 0 Å². The molecular formula is C13H11F17NO6P. The van der Waals surface area contributed by atoms with Gasteiger partial charge >= 0.3 is 61.4 Å². The van der Waals surface area contributed by atoms with Crippen molar-refractivity contribution in [2.75, 3.05) is 0 Å². The molecule has 0 aliphatic carbocycles. The first kappa shape index (κ1) is 36.4. The maximum atomic E-state index is 14.1. The smallest absolute Gasteiger partial charge is 0.474 e. The van der Waals surface area contributed by atoms with E-state index in [4.69, 9.17) is 14.9 Å². The number of phosphoric ester groups is 1. The molecule has 25 heteroatoms. The average molecular weight is 631 g/mol. The van der Waals surface area contributed by atoms with E-state index in [0.29, 0.717) is 0 Å². The summed E-state index contributed by atoms with van der Waals surface area (Å²) in [5.41, 5.74) is -0.985. The van der Waals surface area contributed by atoms with Crippen LogP contribution in [0.15, 0.2) is 0 Å². The largest absolute Gasteiger partial charge is 0.480 e. The molecule has 5 N–H and O–H groups in total. The van der Waals surface area contributed by atoms with Gasteiger partial charge in [0.05, 0.1) is 0 Å². The maximum Gasteiger partial charge on any atom is 0.474 e. The van der Waals surface area contributed by atoms with Crippen LogP contribution in [0.3, 0.4) is 0 Å². The lowest BCUT2D eigenvalue weighted by atomic mass is 9.82. The van der Waals surface area contributed by atoms with Gasteiger partial charge < -0.3 is 20.6 Å². The van der Waals surface area contributed by atoms with Crippen molar-refractivity contribution in [3.8, 4) is 0 Å². The molecule has 0 bridgehead atoms. The van der Waals surface area contributed by atoms with E-state index in [2.05, 4.69) is 5.73 Å². The summed E-state index contributed by atoms with van der Waals surface area (Å²) in [4.78, 5) is 26.4. The molecule has 0 amide bonds. The zero-order chi connectivity index (χ0) is 31.6. The van der Waals surface area contributed by atoms with Crippen LogP contribution < -0.4 is 5.73 Å². The molecule has 2 unspecified atom stereocenters. The Hall–Kier alpha value is -1.65. The van der Waals surface area contributed by atoms with Crippen LogP contribution in [0.2, 0.25) is 0 Å². The third-order valence-electron chi connectivity index (χ3n) is 4.54. The van der Waals surface area contributed by atoms with Crippen molar-refractivity contribution in [1.82, 2.24) is 0 Å². The summed E-state index contributed by atoms with van der Waals surface area (Å²) in [6.07, 6.45) is -10.3. The van der Waals surface area contributed by atoms with E-state index < -0.39 is 86.4 Å². The zero-order valence-electron chi connectivity index (χ0n) is 17.3. The van der Waals surface area contributed by atoms with E-state index in [1.54, 1.807) is 4.52 Å². The first-order valence-corrected chi connectivity index (χ1v) is 10.0. The lowest BCUT2D eigenvalue weighted by molar-refractivity contribution is -0.469. The molecule has 0 aliphatic rings. The number of phosphoric acid groups is 1.